The standard InChI is InChI=1S/C14H11NO3/c1-10(16)12-7-8-15(18)13(9-12)14(17)11-5-3-2-4-6-11/h2-9H,1H3. The molecule has 0 aliphatic rings. The quantitative estimate of drug-likeness (QED) is 0.467. The summed E-state index contributed by atoms with van der Waals surface area (Å²) in [5.74, 6) is -0.577. The largest absolute Gasteiger partial charge is 0.618 e. The number of carbonyl (C=O) groups excluding carboxylic acids is 2. The number of rotatable bonds is 3. The van der Waals surface area contributed by atoms with Gasteiger partial charge in [0.15, 0.2) is 12.0 Å². The van der Waals surface area contributed by atoms with Crippen LogP contribution in [0.3, 0.4) is 0 Å². The van der Waals surface area contributed by atoms with Gasteiger partial charge in [0.1, 0.15) is 0 Å². The van der Waals surface area contributed by atoms with E-state index in [9.17, 15) is 14.8 Å². The van der Waals surface area contributed by atoms with Crippen LogP contribution in [0.2, 0.25) is 0 Å². The lowest BCUT2D eigenvalue weighted by Gasteiger charge is -2.04. The van der Waals surface area contributed by atoms with Crippen LogP contribution >= 0.6 is 0 Å². The summed E-state index contributed by atoms with van der Waals surface area (Å²) < 4.78 is 0.474. The van der Waals surface area contributed by atoms with Crippen molar-refractivity contribution in [1.29, 1.82) is 0 Å². The molecule has 4 heteroatoms. The molecule has 2 rings (SSSR count). The number of nitrogens with zero attached hydrogens (tertiary/aromatic N) is 1. The summed E-state index contributed by atoms with van der Waals surface area (Å²) in [6.07, 6.45) is 1.17. The minimum Gasteiger partial charge on any atom is -0.618 e. The van der Waals surface area contributed by atoms with Gasteiger partial charge >= 0.3 is 0 Å². The van der Waals surface area contributed by atoms with Gasteiger partial charge in [-0.3, -0.25) is 9.59 Å². The maximum atomic E-state index is 12.1. The lowest BCUT2D eigenvalue weighted by molar-refractivity contribution is -0.607. The van der Waals surface area contributed by atoms with Gasteiger partial charge in [0.25, 0.3) is 11.5 Å². The molecule has 0 atom stereocenters. The number of aromatic nitrogens is 1. The number of hydrogen-bond acceptors (Lipinski definition) is 3. The lowest BCUT2D eigenvalue weighted by atomic mass is 10.1. The van der Waals surface area contributed by atoms with Crippen molar-refractivity contribution in [3.05, 3.63) is 70.7 Å². The van der Waals surface area contributed by atoms with Gasteiger partial charge in [-0.1, -0.05) is 30.3 Å². The van der Waals surface area contributed by atoms with E-state index in [4.69, 9.17) is 0 Å². The molecule has 0 bridgehead atoms. The van der Waals surface area contributed by atoms with Crippen LogP contribution in [0.25, 0.3) is 0 Å². The third-order valence-electron chi connectivity index (χ3n) is 2.59. The molecule has 2 aromatic rings. The molecular formula is C14H11NO3. The number of ketones is 2. The highest BCUT2D eigenvalue weighted by Gasteiger charge is 2.19. The first-order valence-corrected chi connectivity index (χ1v) is 5.43. The first-order chi connectivity index (χ1) is 8.59. The zero-order valence-electron chi connectivity index (χ0n) is 9.79. The molecule has 0 aliphatic carbocycles. The monoisotopic (exact) mass is 241 g/mol. The SMILES string of the molecule is CC(=O)c1cc[n+]([O-])c(C(=O)c2ccccc2)c1. The van der Waals surface area contributed by atoms with E-state index in [1.165, 1.54) is 25.3 Å². The second-order valence-electron chi connectivity index (χ2n) is 3.88. The van der Waals surface area contributed by atoms with Gasteiger partial charge in [-0.2, -0.15) is 4.73 Å². The number of pyridine rings is 1. The van der Waals surface area contributed by atoms with E-state index in [1.807, 2.05) is 0 Å². The van der Waals surface area contributed by atoms with Crippen molar-refractivity contribution in [1.82, 2.24) is 0 Å². The van der Waals surface area contributed by atoms with Crippen molar-refractivity contribution < 1.29 is 14.3 Å². The van der Waals surface area contributed by atoms with E-state index in [0.29, 0.717) is 15.9 Å². The highest BCUT2D eigenvalue weighted by molar-refractivity contribution is 6.07. The summed E-state index contributed by atoms with van der Waals surface area (Å²) in [5, 5.41) is 11.6. The Labute approximate surface area is 104 Å². The highest BCUT2D eigenvalue weighted by atomic mass is 16.5. The summed E-state index contributed by atoms with van der Waals surface area (Å²) in [5.41, 5.74) is 0.720. The van der Waals surface area contributed by atoms with Gasteiger partial charge in [0, 0.05) is 23.3 Å². The molecular weight excluding hydrogens is 230 g/mol. The van der Waals surface area contributed by atoms with E-state index < -0.39 is 5.78 Å². The fraction of sp³-hybridized carbons (Fsp3) is 0.0714. The lowest BCUT2D eigenvalue weighted by Crippen LogP contribution is -2.34. The van der Waals surface area contributed by atoms with Crippen LogP contribution in [0.15, 0.2) is 48.7 Å². The molecule has 1 aromatic heterocycles. The number of carbonyl (C=O) groups is 2. The normalized spacial score (nSPS) is 10.1. The zero-order valence-corrected chi connectivity index (χ0v) is 9.79. The highest BCUT2D eigenvalue weighted by Crippen LogP contribution is 2.08. The van der Waals surface area contributed by atoms with Crippen molar-refractivity contribution in [2.75, 3.05) is 0 Å². The number of Topliss-reactive ketones (excluding diaryl/α,β-unsaturated/α-hetero) is 1. The summed E-state index contributed by atoms with van der Waals surface area (Å²) in [7, 11) is 0. The van der Waals surface area contributed by atoms with E-state index in [0.717, 1.165) is 0 Å². The molecule has 90 valence electrons. The number of benzene rings is 1. The van der Waals surface area contributed by atoms with E-state index in [1.54, 1.807) is 30.3 Å². The Kier molecular flexibility index (Phi) is 3.19. The first kappa shape index (κ1) is 12.0. The minimum absolute atomic E-state index is 0.0473. The van der Waals surface area contributed by atoms with Crippen LogP contribution in [0.1, 0.15) is 33.3 Å². The van der Waals surface area contributed by atoms with Crippen molar-refractivity contribution in [3.63, 3.8) is 0 Å². The van der Waals surface area contributed by atoms with Crippen LogP contribution < -0.4 is 4.73 Å². The zero-order chi connectivity index (χ0) is 13.1. The third kappa shape index (κ3) is 2.27. The van der Waals surface area contributed by atoms with E-state index in [-0.39, 0.29) is 11.5 Å². The second kappa shape index (κ2) is 4.79. The Morgan fingerprint density at radius 3 is 2.33 bits per heavy atom. The molecule has 1 heterocycles. The van der Waals surface area contributed by atoms with Crippen LogP contribution in [0.5, 0.6) is 0 Å². The predicted molar refractivity (Wildman–Crippen MR) is 65.3 cm³/mol. The van der Waals surface area contributed by atoms with Crippen LogP contribution in [-0.4, -0.2) is 11.6 Å². The van der Waals surface area contributed by atoms with E-state index in [2.05, 4.69) is 0 Å². The van der Waals surface area contributed by atoms with Gasteiger partial charge in [0.05, 0.1) is 0 Å². The van der Waals surface area contributed by atoms with Crippen molar-refractivity contribution in [2.24, 2.45) is 0 Å². The first-order valence-electron chi connectivity index (χ1n) is 5.43. The Balaban J connectivity index is 2.48. The van der Waals surface area contributed by atoms with Crippen molar-refractivity contribution in [2.45, 2.75) is 6.92 Å². The summed E-state index contributed by atoms with van der Waals surface area (Å²) in [6.45, 7) is 1.39. The fourth-order valence-electron chi connectivity index (χ4n) is 1.61. The summed E-state index contributed by atoms with van der Waals surface area (Å²) in [4.78, 5) is 23.4. The van der Waals surface area contributed by atoms with Gasteiger partial charge in [-0.05, 0) is 6.92 Å². The molecule has 0 N–H and O–H groups in total. The molecule has 0 saturated heterocycles. The number of hydrogen-bond donors (Lipinski definition) is 0. The molecule has 0 saturated carbocycles. The molecule has 4 nitrogen and oxygen atoms in total. The Hall–Kier alpha value is -2.49. The molecule has 0 unspecified atom stereocenters. The smallest absolute Gasteiger partial charge is 0.265 e. The average molecular weight is 241 g/mol. The maximum absolute atomic E-state index is 12.1. The van der Waals surface area contributed by atoms with Gasteiger partial charge in [-0.25, -0.2) is 0 Å². The van der Waals surface area contributed by atoms with Crippen LogP contribution in [0.4, 0.5) is 0 Å². The molecule has 0 amide bonds. The Morgan fingerprint density at radius 1 is 1.06 bits per heavy atom. The van der Waals surface area contributed by atoms with Crippen LogP contribution in [0, 0.1) is 5.21 Å². The Bertz CT molecular complexity index is 606. The molecule has 1 aromatic carbocycles. The molecule has 18 heavy (non-hydrogen) atoms. The topological polar surface area (TPSA) is 61.1 Å². The fourth-order valence-corrected chi connectivity index (χ4v) is 1.61. The molecule has 0 fully saturated rings. The van der Waals surface area contributed by atoms with Crippen molar-refractivity contribution in [3.8, 4) is 0 Å². The van der Waals surface area contributed by atoms with Crippen molar-refractivity contribution >= 4 is 11.6 Å². The molecule has 0 aliphatic heterocycles. The molecule has 0 radical (unpaired) electrons. The summed E-state index contributed by atoms with van der Waals surface area (Å²) in [6, 6.07) is 11.2. The molecule has 0 spiro atoms. The maximum Gasteiger partial charge on any atom is 0.265 e. The van der Waals surface area contributed by atoms with E-state index >= 15 is 0 Å². The van der Waals surface area contributed by atoms with Gasteiger partial charge < -0.3 is 5.21 Å². The second-order valence-corrected chi connectivity index (χ2v) is 3.88. The summed E-state index contributed by atoms with van der Waals surface area (Å²) >= 11 is 0. The third-order valence-corrected chi connectivity index (χ3v) is 2.59. The minimum atomic E-state index is -0.395. The van der Waals surface area contributed by atoms with Gasteiger partial charge in [0.2, 0.25) is 0 Å². The van der Waals surface area contributed by atoms with Gasteiger partial charge in [-0.15, -0.1) is 0 Å². The van der Waals surface area contributed by atoms with Crippen LogP contribution in [-0.2, 0) is 0 Å². The predicted octanol–water partition coefficient (Wildman–Crippen LogP) is 1.75. The Morgan fingerprint density at radius 2 is 1.72 bits per heavy atom. The average Bonchev–Trinajstić information content (AvgIpc) is 2.39.